The molecule has 0 fully saturated rings. The molecule has 1 heterocycles. The van der Waals surface area contributed by atoms with Gasteiger partial charge in [0.2, 0.25) is 0 Å². The van der Waals surface area contributed by atoms with Crippen LogP contribution in [0.1, 0.15) is 68.5 Å². The van der Waals surface area contributed by atoms with Crippen LogP contribution in [-0.2, 0) is 30.4 Å². The van der Waals surface area contributed by atoms with Gasteiger partial charge in [0.15, 0.2) is 0 Å². The van der Waals surface area contributed by atoms with Crippen LogP contribution in [0, 0.1) is 0 Å². The predicted octanol–water partition coefficient (Wildman–Crippen LogP) is 4.54. The third-order valence-electron chi connectivity index (χ3n) is 5.24. The molecular formula is C21H23NO3S. The van der Waals surface area contributed by atoms with E-state index in [9.17, 15) is 9.59 Å². The molecule has 4 nitrogen and oxygen atoms in total. The molecule has 0 atom stereocenters. The lowest BCUT2D eigenvalue weighted by Gasteiger charge is -2.16. The van der Waals surface area contributed by atoms with Gasteiger partial charge in [-0.15, -0.1) is 11.3 Å². The molecule has 0 aliphatic heterocycles. The summed E-state index contributed by atoms with van der Waals surface area (Å²) >= 11 is 1.52. The van der Waals surface area contributed by atoms with Gasteiger partial charge in [0.25, 0.3) is 5.91 Å². The van der Waals surface area contributed by atoms with Gasteiger partial charge in [-0.1, -0.05) is 6.07 Å². The Morgan fingerprint density at radius 2 is 1.88 bits per heavy atom. The van der Waals surface area contributed by atoms with Crippen molar-refractivity contribution in [2.45, 2.75) is 51.9 Å². The highest BCUT2D eigenvalue weighted by Crippen LogP contribution is 2.39. The first-order valence-corrected chi connectivity index (χ1v) is 10.2. The van der Waals surface area contributed by atoms with Crippen molar-refractivity contribution in [3.05, 3.63) is 50.9 Å². The van der Waals surface area contributed by atoms with E-state index in [0.717, 1.165) is 37.7 Å². The predicted molar refractivity (Wildman–Crippen MR) is 103 cm³/mol. The van der Waals surface area contributed by atoms with Crippen molar-refractivity contribution >= 4 is 28.2 Å². The van der Waals surface area contributed by atoms with Crippen LogP contribution in [0.3, 0.4) is 0 Å². The SMILES string of the molecule is CCOC(=O)c1c(NC(=O)c2ccc3c(c2)CCCC3)sc2c1CCC2. The van der Waals surface area contributed by atoms with Crippen molar-refractivity contribution in [1.82, 2.24) is 0 Å². The fourth-order valence-corrected chi connectivity index (χ4v) is 5.23. The van der Waals surface area contributed by atoms with Crippen LogP contribution < -0.4 is 5.32 Å². The number of hydrogen-bond acceptors (Lipinski definition) is 4. The summed E-state index contributed by atoms with van der Waals surface area (Å²) in [6, 6.07) is 5.98. The lowest BCUT2D eigenvalue weighted by atomic mass is 9.90. The van der Waals surface area contributed by atoms with Crippen LogP contribution in [0.4, 0.5) is 5.00 Å². The zero-order valence-electron chi connectivity index (χ0n) is 15.0. The van der Waals surface area contributed by atoms with Crippen LogP contribution >= 0.6 is 11.3 Å². The Balaban J connectivity index is 1.61. The number of thiophene rings is 1. The number of amides is 1. The molecule has 0 unspecified atom stereocenters. The van der Waals surface area contributed by atoms with Crippen molar-refractivity contribution in [3.63, 3.8) is 0 Å². The third kappa shape index (κ3) is 3.16. The molecule has 136 valence electrons. The van der Waals surface area contributed by atoms with Crippen molar-refractivity contribution in [2.75, 3.05) is 11.9 Å². The molecule has 26 heavy (non-hydrogen) atoms. The second kappa shape index (κ2) is 7.23. The molecule has 1 aromatic carbocycles. The van der Waals surface area contributed by atoms with Crippen molar-refractivity contribution in [3.8, 4) is 0 Å². The summed E-state index contributed by atoms with van der Waals surface area (Å²) in [6.45, 7) is 2.14. The number of carbonyl (C=O) groups is 2. The van der Waals surface area contributed by atoms with Crippen LogP contribution in [0.15, 0.2) is 18.2 Å². The smallest absolute Gasteiger partial charge is 0.341 e. The third-order valence-corrected chi connectivity index (χ3v) is 6.45. The average Bonchev–Trinajstić information content (AvgIpc) is 3.22. The Labute approximate surface area is 157 Å². The number of ether oxygens (including phenoxy) is 1. The van der Waals surface area contributed by atoms with Crippen LogP contribution in [-0.4, -0.2) is 18.5 Å². The molecule has 0 saturated carbocycles. The zero-order chi connectivity index (χ0) is 18.1. The molecule has 0 bridgehead atoms. The molecule has 2 aromatic rings. The maximum atomic E-state index is 12.8. The molecule has 0 spiro atoms. The van der Waals surface area contributed by atoms with E-state index >= 15 is 0 Å². The Morgan fingerprint density at radius 1 is 1.08 bits per heavy atom. The summed E-state index contributed by atoms with van der Waals surface area (Å²) in [5.74, 6) is -0.475. The summed E-state index contributed by atoms with van der Waals surface area (Å²) < 4.78 is 5.23. The molecule has 1 N–H and O–H groups in total. The van der Waals surface area contributed by atoms with E-state index in [-0.39, 0.29) is 11.9 Å². The van der Waals surface area contributed by atoms with Gasteiger partial charge in [0, 0.05) is 10.4 Å². The van der Waals surface area contributed by atoms with E-state index in [2.05, 4.69) is 11.4 Å². The van der Waals surface area contributed by atoms with Gasteiger partial charge in [-0.25, -0.2) is 4.79 Å². The van der Waals surface area contributed by atoms with Gasteiger partial charge in [0.1, 0.15) is 5.00 Å². The summed E-state index contributed by atoms with van der Waals surface area (Å²) in [5.41, 5.74) is 4.93. The lowest BCUT2D eigenvalue weighted by Crippen LogP contribution is -2.16. The summed E-state index contributed by atoms with van der Waals surface area (Å²) in [6.07, 6.45) is 7.47. The number of nitrogens with one attached hydrogen (secondary N) is 1. The van der Waals surface area contributed by atoms with E-state index in [1.807, 2.05) is 12.1 Å². The first kappa shape index (κ1) is 17.3. The minimum absolute atomic E-state index is 0.149. The quantitative estimate of drug-likeness (QED) is 0.805. The normalized spacial score (nSPS) is 15.3. The number of benzene rings is 1. The number of anilines is 1. The Kier molecular flexibility index (Phi) is 4.81. The van der Waals surface area contributed by atoms with Gasteiger partial charge in [-0.05, 0) is 80.7 Å². The number of fused-ring (bicyclic) bond motifs is 2. The Morgan fingerprint density at radius 3 is 2.69 bits per heavy atom. The molecule has 0 saturated heterocycles. The van der Waals surface area contributed by atoms with Gasteiger partial charge in [-0.3, -0.25) is 4.79 Å². The molecule has 2 aliphatic carbocycles. The number of rotatable bonds is 4. The second-order valence-electron chi connectivity index (χ2n) is 6.93. The maximum Gasteiger partial charge on any atom is 0.341 e. The fourth-order valence-electron chi connectivity index (χ4n) is 3.96. The Hall–Kier alpha value is -2.14. The van der Waals surface area contributed by atoms with Gasteiger partial charge in [0.05, 0.1) is 12.2 Å². The highest BCUT2D eigenvalue weighted by Gasteiger charge is 2.28. The molecular weight excluding hydrogens is 346 g/mol. The Bertz CT molecular complexity index is 868. The summed E-state index contributed by atoms with van der Waals surface area (Å²) in [4.78, 5) is 26.4. The standard InChI is InChI=1S/C21H23NO3S/c1-2-25-21(24)18-16-8-5-9-17(16)26-20(18)22-19(23)15-11-10-13-6-3-4-7-14(13)12-15/h10-12H,2-9H2,1H3,(H,22,23). The minimum Gasteiger partial charge on any atom is -0.462 e. The summed E-state index contributed by atoms with van der Waals surface area (Å²) in [7, 11) is 0. The number of carbonyl (C=O) groups excluding carboxylic acids is 2. The first-order valence-electron chi connectivity index (χ1n) is 9.42. The van der Waals surface area contributed by atoms with E-state index in [4.69, 9.17) is 4.74 Å². The minimum atomic E-state index is -0.326. The molecule has 1 aromatic heterocycles. The van der Waals surface area contributed by atoms with Crippen molar-refractivity contribution in [2.24, 2.45) is 0 Å². The van der Waals surface area contributed by atoms with Crippen LogP contribution in [0.25, 0.3) is 0 Å². The van der Waals surface area contributed by atoms with Crippen molar-refractivity contribution in [1.29, 1.82) is 0 Å². The van der Waals surface area contributed by atoms with E-state index in [1.54, 1.807) is 6.92 Å². The van der Waals surface area contributed by atoms with Gasteiger partial charge < -0.3 is 10.1 Å². The van der Waals surface area contributed by atoms with Crippen LogP contribution in [0.5, 0.6) is 0 Å². The molecule has 1 amide bonds. The molecule has 2 aliphatic rings. The zero-order valence-corrected chi connectivity index (χ0v) is 15.8. The van der Waals surface area contributed by atoms with E-state index in [1.165, 1.54) is 40.2 Å². The molecule has 4 rings (SSSR count). The van der Waals surface area contributed by atoms with E-state index < -0.39 is 0 Å². The maximum absolute atomic E-state index is 12.8. The highest BCUT2D eigenvalue weighted by molar-refractivity contribution is 7.17. The second-order valence-corrected chi connectivity index (χ2v) is 8.03. The lowest BCUT2D eigenvalue weighted by molar-refractivity contribution is 0.0527. The largest absolute Gasteiger partial charge is 0.462 e. The first-order chi connectivity index (χ1) is 12.7. The average molecular weight is 369 g/mol. The summed E-state index contributed by atoms with van der Waals surface area (Å²) in [5, 5.41) is 3.62. The van der Waals surface area contributed by atoms with Gasteiger partial charge in [-0.2, -0.15) is 0 Å². The van der Waals surface area contributed by atoms with Crippen molar-refractivity contribution < 1.29 is 14.3 Å². The van der Waals surface area contributed by atoms with Gasteiger partial charge >= 0.3 is 5.97 Å². The highest BCUT2D eigenvalue weighted by atomic mass is 32.1. The molecule has 5 heteroatoms. The number of hydrogen-bond donors (Lipinski definition) is 1. The van der Waals surface area contributed by atoms with E-state index in [0.29, 0.717) is 22.7 Å². The number of esters is 1. The fraction of sp³-hybridized carbons (Fsp3) is 0.429. The van der Waals surface area contributed by atoms with Crippen LogP contribution in [0.2, 0.25) is 0 Å². The molecule has 0 radical (unpaired) electrons. The monoisotopic (exact) mass is 369 g/mol. The topological polar surface area (TPSA) is 55.4 Å². The number of aryl methyl sites for hydroxylation is 3.